The third-order valence-electron chi connectivity index (χ3n) is 4.46. The minimum absolute atomic E-state index is 0.0565. The van der Waals surface area contributed by atoms with Crippen LogP contribution < -0.4 is 14.8 Å². The van der Waals surface area contributed by atoms with Gasteiger partial charge in [-0.1, -0.05) is 12.1 Å². The molecule has 2 aromatic heterocycles. The highest BCUT2D eigenvalue weighted by Crippen LogP contribution is 2.43. The highest BCUT2D eigenvalue weighted by Gasteiger charge is 2.31. The van der Waals surface area contributed by atoms with E-state index in [-0.39, 0.29) is 11.8 Å². The molecule has 0 bridgehead atoms. The van der Waals surface area contributed by atoms with E-state index >= 15 is 0 Å². The maximum absolute atomic E-state index is 12.1. The zero-order valence-corrected chi connectivity index (χ0v) is 14.3. The standard InChI is InChI=1S/C18H19N5O3/c1-25-15-4-2-3-12(17(15)26-8-7-23-6-5-19-11-23)13-9-16(24)21-18-14(13)10-20-22-18/h2-6,10-11,13H,7-9H2,1H3,(H2,20,21,22,24)/t13-/m1/s1. The maximum atomic E-state index is 12.1. The van der Waals surface area contributed by atoms with E-state index in [9.17, 15) is 4.79 Å². The Bertz CT molecular complexity index is 903. The van der Waals surface area contributed by atoms with E-state index in [4.69, 9.17) is 9.47 Å². The molecule has 1 aliphatic heterocycles. The van der Waals surface area contributed by atoms with Crippen LogP contribution in [0.15, 0.2) is 43.1 Å². The Morgan fingerprint density at radius 1 is 1.35 bits per heavy atom. The highest BCUT2D eigenvalue weighted by atomic mass is 16.5. The number of methoxy groups -OCH3 is 1. The van der Waals surface area contributed by atoms with Gasteiger partial charge in [-0.2, -0.15) is 5.10 Å². The van der Waals surface area contributed by atoms with Gasteiger partial charge in [0, 0.05) is 35.9 Å². The third kappa shape index (κ3) is 3.01. The molecule has 3 heterocycles. The van der Waals surface area contributed by atoms with Crippen molar-refractivity contribution in [1.29, 1.82) is 0 Å². The number of carbonyl (C=O) groups excluding carboxylic acids is 1. The number of hydrogen-bond acceptors (Lipinski definition) is 5. The Morgan fingerprint density at radius 2 is 2.27 bits per heavy atom. The van der Waals surface area contributed by atoms with Crippen molar-refractivity contribution in [2.24, 2.45) is 0 Å². The monoisotopic (exact) mass is 353 g/mol. The van der Waals surface area contributed by atoms with Gasteiger partial charge in [0.15, 0.2) is 11.5 Å². The van der Waals surface area contributed by atoms with Crippen LogP contribution in [0.4, 0.5) is 5.82 Å². The fourth-order valence-electron chi connectivity index (χ4n) is 3.22. The number of ether oxygens (including phenoxy) is 2. The summed E-state index contributed by atoms with van der Waals surface area (Å²) in [5, 5.41) is 9.70. The number of rotatable bonds is 6. The quantitative estimate of drug-likeness (QED) is 0.708. The van der Waals surface area contributed by atoms with Crippen molar-refractivity contribution in [1.82, 2.24) is 19.7 Å². The van der Waals surface area contributed by atoms with Crippen molar-refractivity contribution in [2.45, 2.75) is 18.9 Å². The second-order valence-corrected chi connectivity index (χ2v) is 6.03. The molecule has 0 spiro atoms. The minimum Gasteiger partial charge on any atom is -0.493 e. The molecule has 2 N–H and O–H groups in total. The largest absolute Gasteiger partial charge is 0.493 e. The molecule has 1 atom stereocenters. The highest BCUT2D eigenvalue weighted by molar-refractivity contribution is 5.94. The molecule has 26 heavy (non-hydrogen) atoms. The molecule has 1 aromatic carbocycles. The van der Waals surface area contributed by atoms with Crippen molar-refractivity contribution in [3.8, 4) is 11.5 Å². The van der Waals surface area contributed by atoms with Crippen molar-refractivity contribution < 1.29 is 14.3 Å². The summed E-state index contributed by atoms with van der Waals surface area (Å²) in [6.07, 6.45) is 7.44. The number of aromatic nitrogens is 4. The Labute approximate surface area is 150 Å². The average Bonchev–Trinajstić information content (AvgIpc) is 3.32. The SMILES string of the molecule is COc1cccc([C@H]2CC(=O)Nc3[nH]ncc32)c1OCCn1ccnc1. The molecule has 134 valence electrons. The van der Waals surface area contributed by atoms with Crippen LogP contribution in [0.2, 0.25) is 0 Å². The Kier molecular flexibility index (Phi) is 4.30. The van der Waals surface area contributed by atoms with E-state index in [0.717, 1.165) is 11.1 Å². The zero-order chi connectivity index (χ0) is 17.9. The van der Waals surface area contributed by atoms with E-state index in [1.54, 1.807) is 25.8 Å². The second-order valence-electron chi connectivity index (χ2n) is 6.03. The van der Waals surface area contributed by atoms with Crippen LogP contribution in [0.25, 0.3) is 0 Å². The zero-order valence-electron chi connectivity index (χ0n) is 14.3. The van der Waals surface area contributed by atoms with Crippen LogP contribution in [-0.2, 0) is 11.3 Å². The maximum Gasteiger partial charge on any atom is 0.226 e. The molecule has 1 amide bonds. The normalized spacial score (nSPS) is 16.0. The number of hydrogen-bond donors (Lipinski definition) is 2. The Morgan fingerprint density at radius 3 is 3.08 bits per heavy atom. The van der Waals surface area contributed by atoms with Gasteiger partial charge in [0.05, 0.1) is 26.2 Å². The fraction of sp³-hybridized carbons (Fsp3) is 0.278. The molecule has 0 unspecified atom stereocenters. The molecular weight excluding hydrogens is 334 g/mol. The summed E-state index contributed by atoms with van der Waals surface area (Å²) in [5.41, 5.74) is 1.85. The van der Waals surface area contributed by atoms with E-state index in [1.807, 2.05) is 29.0 Å². The van der Waals surface area contributed by atoms with Crippen LogP contribution in [0, 0.1) is 0 Å². The van der Waals surface area contributed by atoms with Gasteiger partial charge in [0.2, 0.25) is 5.91 Å². The number of aromatic amines is 1. The third-order valence-corrected chi connectivity index (χ3v) is 4.46. The van der Waals surface area contributed by atoms with E-state index in [2.05, 4.69) is 20.5 Å². The van der Waals surface area contributed by atoms with Crippen LogP contribution in [0.3, 0.4) is 0 Å². The van der Waals surface area contributed by atoms with Crippen LogP contribution in [0.5, 0.6) is 11.5 Å². The van der Waals surface area contributed by atoms with Crippen LogP contribution in [0.1, 0.15) is 23.5 Å². The molecular formula is C18H19N5O3. The number of nitrogens with one attached hydrogen (secondary N) is 2. The first-order valence-corrected chi connectivity index (χ1v) is 8.35. The predicted octanol–water partition coefficient (Wildman–Crippen LogP) is 2.17. The summed E-state index contributed by atoms with van der Waals surface area (Å²) < 4.78 is 13.5. The Hall–Kier alpha value is -3.29. The van der Waals surface area contributed by atoms with Crippen molar-refractivity contribution in [3.63, 3.8) is 0 Å². The second kappa shape index (κ2) is 6.91. The number of fused-ring (bicyclic) bond motifs is 1. The number of anilines is 1. The number of para-hydroxylation sites is 1. The smallest absolute Gasteiger partial charge is 0.226 e. The van der Waals surface area contributed by atoms with Crippen LogP contribution >= 0.6 is 0 Å². The number of imidazole rings is 1. The summed E-state index contributed by atoms with van der Waals surface area (Å²) in [6.45, 7) is 1.13. The molecule has 0 aliphatic carbocycles. The topological polar surface area (TPSA) is 94.1 Å². The molecule has 8 heteroatoms. The van der Waals surface area contributed by atoms with Crippen molar-refractivity contribution in [3.05, 3.63) is 54.2 Å². The van der Waals surface area contributed by atoms with Gasteiger partial charge in [-0.3, -0.25) is 9.89 Å². The van der Waals surface area contributed by atoms with Gasteiger partial charge in [-0.15, -0.1) is 0 Å². The van der Waals surface area contributed by atoms with E-state index < -0.39 is 0 Å². The van der Waals surface area contributed by atoms with Crippen molar-refractivity contribution in [2.75, 3.05) is 19.0 Å². The molecule has 8 nitrogen and oxygen atoms in total. The molecule has 0 saturated carbocycles. The van der Waals surface area contributed by atoms with Gasteiger partial charge in [-0.05, 0) is 6.07 Å². The summed E-state index contributed by atoms with van der Waals surface area (Å²) in [6, 6.07) is 5.73. The molecule has 0 radical (unpaired) electrons. The Balaban J connectivity index is 1.65. The summed E-state index contributed by atoms with van der Waals surface area (Å²) in [7, 11) is 1.61. The number of benzene rings is 1. The summed E-state index contributed by atoms with van der Waals surface area (Å²) in [4.78, 5) is 16.1. The van der Waals surface area contributed by atoms with Gasteiger partial charge >= 0.3 is 0 Å². The predicted molar refractivity (Wildman–Crippen MR) is 94.4 cm³/mol. The first-order valence-electron chi connectivity index (χ1n) is 8.35. The van der Waals surface area contributed by atoms with Gasteiger partial charge in [-0.25, -0.2) is 4.98 Å². The number of carbonyl (C=O) groups is 1. The van der Waals surface area contributed by atoms with Crippen LogP contribution in [-0.4, -0.2) is 39.4 Å². The number of nitrogens with zero attached hydrogens (tertiary/aromatic N) is 3. The lowest BCUT2D eigenvalue weighted by molar-refractivity contribution is -0.116. The van der Waals surface area contributed by atoms with Gasteiger partial charge < -0.3 is 19.4 Å². The fourth-order valence-corrected chi connectivity index (χ4v) is 3.22. The lowest BCUT2D eigenvalue weighted by Crippen LogP contribution is -2.23. The molecule has 4 rings (SSSR count). The van der Waals surface area contributed by atoms with E-state index in [1.165, 1.54) is 0 Å². The minimum atomic E-state index is -0.143. The van der Waals surface area contributed by atoms with E-state index in [0.29, 0.717) is 36.9 Å². The summed E-state index contributed by atoms with van der Waals surface area (Å²) >= 11 is 0. The first-order chi connectivity index (χ1) is 12.8. The lowest BCUT2D eigenvalue weighted by Gasteiger charge is -2.25. The summed E-state index contributed by atoms with van der Waals surface area (Å²) in [5.74, 6) is 1.74. The van der Waals surface area contributed by atoms with Gasteiger partial charge in [0.1, 0.15) is 12.4 Å². The average molecular weight is 353 g/mol. The van der Waals surface area contributed by atoms with Gasteiger partial charge in [0.25, 0.3) is 0 Å². The molecule has 0 fully saturated rings. The molecule has 3 aromatic rings. The lowest BCUT2D eigenvalue weighted by atomic mass is 9.86. The first kappa shape index (κ1) is 16.2. The molecule has 0 saturated heterocycles. The number of H-pyrrole nitrogens is 1. The van der Waals surface area contributed by atoms with Crippen molar-refractivity contribution >= 4 is 11.7 Å². The molecule has 1 aliphatic rings. The number of amides is 1.